The number of likely N-dealkylation sites (N-methyl/N-ethyl adjacent to an activating group) is 1. The van der Waals surface area contributed by atoms with Crippen LogP contribution in [0.15, 0.2) is 17.0 Å². The Morgan fingerprint density at radius 1 is 1.18 bits per heavy atom. The summed E-state index contributed by atoms with van der Waals surface area (Å²) in [6.07, 6.45) is 0. The molecule has 6 heteroatoms. The smallest absolute Gasteiger partial charge is 0.240 e. The van der Waals surface area contributed by atoms with Crippen molar-refractivity contribution in [1.29, 1.82) is 0 Å². The van der Waals surface area contributed by atoms with E-state index in [1.54, 1.807) is 26.2 Å². The molecule has 1 atom stereocenters. The van der Waals surface area contributed by atoms with E-state index in [1.165, 1.54) is 0 Å². The molecule has 0 fully saturated rings. The molecule has 0 aliphatic rings. The second-order valence-corrected chi connectivity index (χ2v) is 7.24. The van der Waals surface area contributed by atoms with E-state index in [-0.39, 0.29) is 6.04 Å². The van der Waals surface area contributed by atoms with Gasteiger partial charge in [0.1, 0.15) is 5.75 Å². The topological polar surface area (TPSA) is 58.6 Å². The third-order valence-corrected chi connectivity index (χ3v) is 5.55. The molecule has 0 radical (unpaired) electrons. The van der Waals surface area contributed by atoms with Crippen molar-refractivity contribution in [1.82, 2.24) is 9.62 Å². The molecule has 0 aliphatic heterocycles. The molecule has 0 saturated heterocycles. The summed E-state index contributed by atoms with van der Waals surface area (Å²) in [4.78, 5) is 2.53. The Hall–Kier alpha value is -1.11. The molecule has 0 bridgehead atoms. The maximum absolute atomic E-state index is 12.5. The zero-order valence-electron chi connectivity index (χ0n) is 14.4. The van der Waals surface area contributed by atoms with Crippen LogP contribution in [0.1, 0.15) is 31.9 Å². The quantitative estimate of drug-likeness (QED) is 0.796. The second kappa shape index (κ2) is 7.94. The molecular weight excluding hydrogens is 300 g/mol. The molecule has 0 spiro atoms. The normalized spacial score (nSPS) is 13.4. The molecule has 0 heterocycles. The van der Waals surface area contributed by atoms with Gasteiger partial charge in [-0.1, -0.05) is 13.8 Å². The first kappa shape index (κ1) is 18.9. The highest BCUT2D eigenvalue weighted by Crippen LogP contribution is 2.25. The van der Waals surface area contributed by atoms with Gasteiger partial charge in [-0.2, -0.15) is 0 Å². The number of ether oxygens (including phenoxy) is 1. The van der Waals surface area contributed by atoms with Gasteiger partial charge in [-0.25, -0.2) is 13.1 Å². The lowest BCUT2D eigenvalue weighted by molar-refractivity contribution is 0.232. The summed E-state index contributed by atoms with van der Waals surface area (Å²) in [7, 11) is -1.93. The standard InChI is InChI=1S/C16H28N2O3S/c1-7-18(8-2)14(5)11-17-22(19,20)16-10-12(3)15(21-6)9-13(16)4/h9-10,14,17H,7-8,11H2,1-6H3. The van der Waals surface area contributed by atoms with Crippen LogP contribution in [0.2, 0.25) is 0 Å². The summed E-state index contributed by atoms with van der Waals surface area (Å²) in [5.74, 6) is 0.702. The van der Waals surface area contributed by atoms with Crippen molar-refractivity contribution in [2.75, 3.05) is 26.7 Å². The average molecular weight is 328 g/mol. The van der Waals surface area contributed by atoms with Gasteiger partial charge in [0.2, 0.25) is 10.0 Å². The molecule has 0 aliphatic carbocycles. The van der Waals surface area contributed by atoms with E-state index in [9.17, 15) is 8.42 Å². The predicted molar refractivity (Wildman–Crippen MR) is 90.0 cm³/mol. The van der Waals surface area contributed by atoms with Crippen LogP contribution in [0.5, 0.6) is 5.75 Å². The Balaban J connectivity index is 2.94. The first-order chi connectivity index (χ1) is 10.3. The summed E-state index contributed by atoms with van der Waals surface area (Å²) in [5, 5.41) is 0. The van der Waals surface area contributed by atoms with Crippen molar-refractivity contribution in [2.45, 2.75) is 45.6 Å². The van der Waals surface area contributed by atoms with Gasteiger partial charge in [-0.15, -0.1) is 0 Å². The average Bonchev–Trinajstić information content (AvgIpc) is 2.48. The van der Waals surface area contributed by atoms with Gasteiger partial charge in [-0.05, 0) is 57.1 Å². The zero-order chi connectivity index (χ0) is 16.9. The molecule has 1 aromatic rings. The van der Waals surface area contributed by atoms with E-state index in [2.05, 4.69) is 23.5 Å². The Kier molecular flexibility index (Phi) is 6.84. The van der Waals surface area contributed by atoms with E-state index >= 15 is 0 Å². The largest absolute Gasteiger partial charge is 0.496 e. The van der Waals surface area contributed by atoms with Gasteiger partial charge >= 0.3 is 0 Å². The number of sulfonamides is 1. The molecule has 0 amide bonds. The van der Waals surface area contributed by atoms with Crippen molar-refractivity contribution in [3.63, 3.8) is 0 Å². The number of hydrogen-bond acceptors (Lipinski definition) is 4. The van der Waals surface area contributed by atoms with Crippen molar-refractivity contribution >= 4 is 10.0 Å². The van der Waals surface area contributed by atoms with E-state index in [0.29, 0.717) is 22.8 Å². The lowest BCUT2D eigenvalue weighted by Crippen LogP contribution is -2.42. The second-order valence-electron chi connectivity index (χ2n) is 5.51. The maximum atomic E-state index is 12.5. The van der Waals surface area contributed by atoms with Crippen LogP contribution >= 0.6 is 0 Å². The molecule has 0 saturated carbocycles. The van der Waals surface area contributed by atoms with E-state index in [4.69, 9.17) is 4.74 Å². The Bertz CT molecular complexity index is 596. The Morgan fingerprint density at radius 2 is 1.77 bits per heavy atom. The fraction of sp³-hybridized carbons (Fsp3) is 0.625. The van der Waals surface area contributed by atoms with Crippen molar-refractivity contribution < 1.29 is 13.2 Å². The third kappa shape index (κ3) is 4.44. The Labute approximate surface area is 134 Å². The minimum Gasteiger partial charge on any atom is -0.496 e. The highest BCUT2D eigenvalue weighted by atomic mass is 32.2. The number of methoxy groups -OCH3 is 1. The molecule has 22 heavy (non-hydrogen) atoms. The van der Waals surface area contributed by atoms with Crippen LogP contribution in [0.4, 0.5) is 0 Å². The van der Waals surface area contributed by atoms with Crippen molar-refractivity contribution in [3.8, 4) is 5.75 Å². The summed E-state index contributed by atoms with van der Waals surface area (Å²) in [5.41, 5.74) is 1.50. The summed E-state index contributed by atoms with van der Waals surface area (Å²) < 4.78 is 33.0. The number of nitrogens with one attached hydrogen (secondary N) is 1. The molecule has 1 aromatic carbocycles. The number of nitrogens with zero attached hydrogens (tertiary/aromatic N) is 1. The van der Waals surface area contributed by atoms with Crippen LogP contribution in [0.25, 0.3) is 0 Å². The van der Waals surface area contributed by atoms with E-state index in [1.807, 2.05) is 13.8 Å². The minimum atomic E-state index is -3.52. The first-order valence-electron chi connectivity index (χ1n) is 7.65. The highest BCUT2D eigenvalue weighted by Gasteiger charge is 2.20. The van der Waals surface area contributed by atoms with Crippen LogP contribution in [0.3, 0.4) is 0 Å². The molecule has 5 nitrogen and oxygen atoms in total. The lowest BCUT2D eigenvalue weighted by Gasteiger charge is -2.26. The van der Waals surface area contributed by atoms with E-state index in [0.717, 1.165) is 18.7 Å². The van der Waals surface area contributed by atoms with Crippen LogP contribution in [0, 0.1) is 13.8 Å². The number of rotatable bonds is 8. The van der Waals surface area contributed by atoms with Gasteiger partial charge in [-0.3, -0.25) is 4.90 Å². The van der Waals surface area contributed by atoms with Crippen molar-refractivity contribution in [2.24, 2.45) is 0 Å². The summed E-state index contributed by atoms with van der Waals surface area (Å²) in [6, 6.07) is 3.58. The fourth-order valence-electron chi connectivity index (χ4n) is 2.56. The van der Waals surface area contributed by atoms with E-state index < -0.39 is 10.0 Å². The fourth-order valence-corrected chi connectivity index (χ4v) is 3.99. The minimum absolute atomic E-state index is 0.157. The number of aryl methyl sites for hydroxylation is 2. The summed E-state index contributed by atoms with van der Waals surface area (Å²) >= 11 is 0. The van der Waals surface area contributed by atoms with Gasteiger partial charge < -0.3 is 4.74 Å². The predicted octanol–water partition coefficient (Wildman–Crippen LogP) is 2.32. The highest BCUT2D eigenvalue weighted by molar-refractivity contribution is 7.89. The molecular formula is C16H28N2O3S. The molecule has 1 rings (SSSR count). The molecule has 1 unspecified atom stereocenters. The van der Waals surface area contributed by atoms with Crippen LogP contribution in [-0.2, 0) is 10.0 Å². The number of hydrogen-bond donors (Lipinski definition) is 1. The molecule has 0 aromatic heterocycles. The SMILES string of the molecule is CCN(CC)C(C)CNS(=O)(=O)c1cc(C)c(OC)cc1C. The van der Waals surface area contributed by atoms with Gasteiger partial charge in [0, 0.05) is 12.6 Å². The lowest BCUT2D eigenvalue weighted by atomic mass is 10.1. The first-order valence-corrected chi connectivity index (χ1v) is 9.14. The zero-order valence-corrected chi connectivity index (χ0v) is 15.3. The Morgan fingerprint density at radius 3 is 2.27 bits per heavy atom. The molecule has 1 N–H and O–H groups in total. The monoisotopic (exact) mass is 328 g/mol. The van der Waals surface area contributed by atoms with Gasteiger partial charge in [0.15, 0.2) is 0 Å². The number of benzene rings is 1. The maximum Gasteiger partial charge on any atom is 0.240 e. The van der Waals surface area contributed by atoms with Crippen LogP contribution < -0.4 is 9.46 Å². The molecule has 126 valence electrons. The van der Waals surface area contributed by atoms with Gasteiger partial charge in [0.05, 0.1) is 12.0 Å². The third-order valence-electron chi connectivity index (χ3n) is 3.99. The van der Waals surface area contributed by atoms with Crippen LogP contribution in [-0.4, -0.2) is 46.1 Å². The van der Waals surface area contributed by atoms with Crippen molar-refractivity contribution in [3.05, 3.63) is 23.3 Å². The summed E-state index contributed by atoms with van der Waals surface area (Å²) in [6.45, 7) is 12.0. The van der Waals surface area contributed by atoms with Gasteiger partial charge in [0.25, 0.3) is 0 Å².